The number of amides is 1. The zero-order chi connectivity index (χ0) is 17.8. The van der Waals surface area contributed by atoms with Crippen LogP contribution in [0.25, 0.3) is 0 Å². The van der Waals surface area contributed by atoms with Gasteiger partial charge in [0.25, 0.3) is 0 Å². The summed E-state index contributed by atoms with van der Waals surface area (Å²) in [5.74, 6) is 1.29. The van der Waals surface area contributed by atoms with Crippen molar-refractivity contribution in [2.45, 2.75) is 38.2 Å². The van der Waals surface area contributed by atoms with Crippen LogP contribution in [0.4, 0.5) is 10.5 Å². The predicted octanol–water partition coefficient (Wildman–Crippen LogP) is 2.02. The Morgan fingerprint density at radius 2 is 1.92 bits per heavy atom. The molecule has 7 nitrogen and oxygen atoms in total. The average Bonchev–Trinajstić information content (AvgIpc) is 3.17. The zero-order valence-corrected chi connectivity index (χ0v) is 14.9. The first kappa shape index (κ1) is 18.0. The third-order valence-electron chi connectivity index (χ3n) is 4.39. The Labute approximate surface area is 148 Å². The minimum atomic E-state index is -0.512. The molecule has 2 fully saturated rings. The molecule has 0 aliphatic carbocycles. The lowest BCUT2D eigenvalue weighted by molar-refractivity contribution is 0.00854. The topological polar surface area (TPSA) is 78.1 Å². The summed E-state index contributed by atoms with van der Waals surface area (Å²) in [5.41, 5.74) is 0.644. The van der Waals surface area contributed by atoms with Crippen molar-refractivity contribution in [3.05, 3.63) is 24.3 Å². The summed E-state index contributed by atoms with van der Waals surface area (Å²) in [7, 11) is 1.60. The van der Waals surface area contributed by atoms with Gasteiger partial charge in [0.15, 0.2) is 6.10 Å². The molecule has 0 unspecified atom stereocenters. The third-order valence-corrected chi connectivity index (χ3v) is 4.39. The van der Waals surface area contributed by atoms with Crippen LogP contribution in [0.5, 0.6) is 5.75 Å². The van der Waals surface area contributed by atoms with Gasteiger partial charge in [-0.15, -0.1) is 0 Å². The van der Waals surface area contributed by atoms with E-state index in [9.17, 15) is 4.79 Å². The molecule has 2 aliphatic heterocycles. The van der Waals surface area contributed by atoms with E-state index in [1.54, 1.807) is 31.4 Å². The average molecular weight is 350 g/mol. The van der Waals surface area contributed by atoms with Gasteiger partial charge in [-0.3, -0.25) is 5.32 Å². The van der Waals surface area contributed by atoms with Gasteiger partial charge in [-0.25, -0.2) is 4.79 Å². The van der Waals surface area contributed by atoms with Crippen LogP contribution >= 0.6 is 0 Å². The Morgan fingerprint density at radius 1 is 1.20 bits per heavy atom. The molecule has 0 bridgehead atoms. The lowest BCUT2D eigenvalue weighted by Crippen LogP contribution is -2.43. The molecular formula is C18H26N2O5. The van der Waals surface area contributed by atoms with Crippen molar-refractivity contribution in [1.29, 1.82) is 0 Å². The molecule has 0 saturated carbocycles. The number of hydrogen-bond acceptors (Lipinski definition) is 6. The molecule has 0 radical (unpaired) electrons. The van der Waals surface area contributed by atoms with Crippen molar-refractivity contribution in [2.75, 3.05) is 32.2 Å². The molecule has 25 heavy (non-hydrogen) atoms. The van der Waals surface area contributed by atoms with Gasteiger partial charge in [-0.2, -0.15) is 0 Å². The van der Waals surface area contributed by atoms with Gasteiger partial charge in [-0.1, -0.05) is 13.8 Å². The molecular weight excluding hydrogens is 324 g/mol. The van der Waals surface area contributed by atoms with E-state index in [0.717, 1.165) is 12.3 Å². The van der Waals surface area contributed by atoms with Gasteiger partial charge in [0.1, 0.15) is 18.0 Å². The van der Waals surface area contributed by atoms with E-state index in [4.69, 9.17) is 18.9 Å². The zero-order valence-electron chi connectivity index (χ0n) is 14.9. The van der Waals surface area contributed by atoms with Gasteiger partial charge < -0.3 is 24.3 Å². The van der Waals surface area contributed by atoms with Crippen molar-refractivity contribution in [2.24, 2.45) is 5.92 Å². The van der Waals surface area contributed by atoms with Crippen LogP contribution in [0.1, 0.15) is 13.8 Å². The first-order chi connectivity index (χ1) is 12.1. The lowest BCUT2D eigenvalue weighted by Gasteiger charge is -2.19. The summed E-state index contributed by atoms with van der Waals surface area (Å²) in [4.78, 5) is 12.1. The monoisotopic (exact) mass is 350 g/mol. The first-order valence-electron chi connectivity index (χ1n) is 8.65. The maximum absolute atomic E-state index is 12.1. The van der Waals surface area contributed by atoms with E-state index < -0.39 is 12.2 Å². The quantitative estimate of drug-likeness (QED) is 0.817. The molecule has 2 heterocycles. The smallest absolute Gasteiger partial charge is 0.412 e. The number of ether oxygens (including phenoxy) is 4. The molecule has 138 valence electrons. The Hall–Kier alpha value is -1.83. The molecule has 1 amide bonds. The molecule has 7 heteroatoms. The fourth-order valence-corrected chi connectivity index (χ4v) is 3.09. The molecule has 3 rings (SSSR count). The van der Waals surface area contributed by atoms with E-state index in [0.29, 0.717) is 24.8 Å². The predicted molar refractivity (Wildman–Crippen MR) is 93.0 cm³/mol. The SMILES string of the molecule is COc1ccc(NC(=O)O[C@@H]2CO[C@H]3[C@@H]2OC[C@@H]3NCC(C)C)cc1. The van der Waals surface area contributed by atoms with E-state index in [1.165, 1.54) is 0 Å². The van der Waals surface area contributed by atoms with Gasteiger partial charge in [-0.05, 0) is 36.7 Å². The number of hydrogen-bond donors (Lipinski definition) is 2. The molecule has 1 aromatic rings. The van der Waals surface area contributed by atoms with Crippen LogP contribution in [0.3, 0.4) is 0 Å². The second-order valence-electron chi connectivity index (χ2n) is 6.80. The van der Waals surface area contributed by atoms with Crippen molar-refractivity contribution < 1.29 is 23.7 Å². The van der Waals surface area contributed by atoms with Crippen LogP contribution in [-0.4, -0.2) is 57.3 Å². The Morgan fingerprint density at radius 3 is 2.60 bits per heavy atom. The summed E-state index contributed by atoms with van der Waals surface area (Å²) in [5, 5.41) is 6.17. The van der Waals surface area contributed by atoms with Crippen LogP contribution < -0.4 is 15.4 Å². The fourth-order valence-electron chi connectivity index (χ4n) is 3.09. The van der Waals surface area contributed by atoms with Crippen molar-refractivity contribution in [3.8, 4) is 5.75 Å². The van der Waals surface area contributed by atoms with Crippen LogP contribution in [0, 0.1) is 5.92 Å². The third kappa shape index (κ3) is 4.42. The molecule has 2 saturated heterocycles. The van der Waals surface area contributed by atoms with E-state index in [-0.39, 0.29) is 18.2 Å². The van der Waals surface area contributed by atoms with Crippen LogP contribution in [-0.2, 0) is 14.2 Å². The van der Waals surface area contributed by atoms with Crippen molar-refractivity contribution in [3.63, 3.8) is 0 Å². The molecule has 1 aromatic carbocycles. The summed E-state index contributed by atoms with van der Waals surface area (Å²) < 4.78 is 22.2. The highest BCUT2D eigenvalue weighted by Gasteiger charge is 2.49. The Kier molecular flexibility index (Phi) is 5.78. The highest BCUT2D eigenvalue weighted by atomic mass is 16.6. The number of carbonyl (C=O) groups excluding carboxylic acids is 1. The number of nitrogens with one attached hydrogen (secondary N) is 2. The number of rotatable bonds is 6. The second-order valence-corrected chi connectivity index (χ2v) is 6.80. The van der Waals surface area contributed by atoms with Crippen molar-refractivity contribution in [1.82, 2.24) is 5.32 Å². The summed E-state index contributed by atoms with van der Waals surface area (Å²) >= 11 is 0. The van der Waals surface area contributed by atoms with E-state index in [2.05, 4.69) is 24.5 Å². The highest BCUT2D eigenvalue weighted by molar-refractivity contribution is 5.84. The van der Waals surface area contributed by atoms with Gasteiger partial charge in [0.05, 0.1) is 26.4 Å². The number of fused-ring (bicyclic) bond motifs is 1. The fraction of sp³-hybridized carbons (Fsp3) is 0.611. The lowest BCUT2D eigenvalue weighted by atomic mass is 10.1. The molecule has 0 spiro atoms. The summed E-state index contributed by atoms with van der Waals surface area (Å²) in [6.07, 6.45) is -1.19. The second kappa shape index (κ2) is 8.03. The maximum Gasteiger partial charge on any atom is 0.412 e. The van der Waals surface area contributed by atoms with Gasteiger partial charge in [0, 0.05) is 5.69 Å². The van der Waals surface area contributed by atoms with E-state index >= 15 is 0 Å². The minimum Gasteiger partial charge on any atom is -0.497 e. The summed E-state index contributed by atoms with van der Waals surface area (Å²) in [6.45, 7) is 6.15. The standard InChI is InChI=1S/C18H26N2O5/c1-11(2)8-19-14-9-23-17-15(10-24-16(14)17)25-18(21)20-12-4-6-13(22-3)7-5-12/h4-7,11,14-17,19H,8-10H2,1-3H3,(H,20,21)/t14-,15+,16+,17+/m0/s1. The largest absolute Gasteiger partial charge is 0.497 e. The Balaban J connectivity index is 1.49. The molecule has 4 atom stereocenters. The van der Waals surface area contributed by atoms with Crippen molar-refractivity contribution >= 4 is 11.8 Å². The number of anilines is 1. The maximum atomic E-state index is 12.1. The number of benzene rings is 1. The molecule has 2 aliphatic rings. The van der Waals surface area contributed by atoms with Crippen LogP contribution in [0.2, 0.25) is 0 Å². The number of carbonyl (C=O) groups is 1. The van der Waals surface area contributed by atoms with E-state index in [1.807, 2.05) is 0 Å². The normalized spacial score (nSPS) is 28.0. The van der Waals surface area contributed by atoms with Gasteiger partial charge >= 0.3 is 6.09 Å². The van der Waals surface area contributed by atoms with Crippen LogP contribution in [0.15, 0.2) is 24.3 Å². The number of methoxy groups -OCH3 is 1. The minimum absolute atomic E-state index is 0.0717. The first-order valence-corrected chi connectivity index (χ1v) is 8.65. The summed E-state index contributed by atoms with van der Waals surface area (Å²) in [6, 6.07) is 7.20. The highest BCUT2D eigenvalue weighted by Crippen LogP contribution is 2.29. The Bertz CT molecular complexity index is 577. The molecule has 0 aromatic heterocycles. The molecule has 2 N–H and O–H groups in total. The van der Waals surface area contributed by atoms with Gasteiger partial charge in [0.2, 0.25) is 0 Å².